The van der Waals surface area contributed by atoms with Gasteiger partial charge in [-0.2, -0.15) is 0 Å². The number of ether oxygens (including phenoxy) is 1. The number of thioether (sulfide) groups is 1. The molecular weight excluding hydrogens is 456 g/mol. The molecule has 1 unspecified atom stereocenters. The Morgan fingerprint density at radius 2 is 1.91 bits per heavy atom. The summed E-state index contributed by atoms with van der Waals surface area (Å²) in [6, 6.07) is 10.1. The monoisotopic (exact) mass is 490 g/mol. The van der Waals surface area contributed by atoms with Gasteiger partial charge in [0, 0.05) is 24.0 Å². The fraction of sp³-hybridized carbons (Fsp3) is 0.480. The van der Waals surface area contributed by atoms with Crippen LogP contribution in [0.25, 0.3) is 0 Å². The highest BCUT2D eigenvalue weighted by atomic mass is 32.2. The van der Waals surface area contributed by atoms with Crippen molar-refractivity contribution in [3.63, 3.8) is 0 Å². The van der Waals surface area contributed by atoms with Gasteiger partial charge in [-0.3, -0.25) is 4.79 Å². The summed E-state index contributed by atoms with van der Waals surface area (Å²) in [5.41, 5.74) is 2.27. The lowest BCUT2D eigenvalue weighted by Gasteiger charge is -2.31. The topological polar surface area (TPSA) is 75.7 Å². The number of benzene rings is 2. The standard InChI is InChI=1S/C25H34N2O4S2/c1-6-22(19-7-9-23(31-4)18(3)15-19)26-33(29,30)20-8-10-24(32-5)21(16-20)25(28)27-13-11-17(2)12-14-27/h7-10,15-17,22,26H,6,11-14H2,1-5H3. The number of nitrogens with zero attached hydrogens (tertiary/aromatic N) is 1. The lowest BCUT2D eigenvalue weighted by molar-refractivity contribution is 0.0693. The van der Waals surface area contributed by atoms with Crippen molar-refractivity contribution in [2.75, 3.05) is 26.5 Å². The first-order valence-electron chi connectivity index (χ1n) is 11.3. The summed E-state index contributed by atoms with van der Waals surface area (Å²) in [6.07, 6.45) is 4.43. The Balaban J connectivity index is 1.88. The van der Waals surface area contributed by atoms with Crippen LogP contribution in [0.1, 0.15) is 60.6 Å². The van der Waals surface area contributed by atoms with Crippen LogP contribution in [0.5, 0.6) is 5.75 Å². The van der Waals surface area contributed by atoms with E-state index in [1.54, 1.807) is 19.2 Å². The quantitative estimate of drug-likeness (QED) is 0.526. The SMILES string of the molecule is CCC(NS(=O)(=O)c1ccc(SC)c(C(=O)N2CCC(C)CC2)c1)c1ccc(OC)c(C)c1. The molecular formula is C25H34N2O4S2. The number of carbonyl (C=O) groups excluding carboxylic acids is 1. The van der Waals surface area contributed by atoms with Crippen molar-refractivity contribution in [1.29, 1.82) is 0 Å². The third-order valence-corrected chi connectivity index (χ3v) is 8.57. The molecule has 2 aromatic carbocycles. The summed E-state index contributed by atoms with van der Waals surface area (Å²) in [7, 11) is -2.22. The maximum Gasteiger partial charge on any atom is 0.255 e. The first-order valence-corrected chi connectivity index (χ1v) is 14.0. The van der Waals surface area contributed by atoms with Crippen molar-refractivity contribution in [1.82, 2.24) is 9.62 Å². The number of piperidine rings is 1. The second-order valence-corrected chi connectivity index (χ2v) is 11.2. The molecule has 8 heteroatoms. The number of aryl methyl sites for hydroxylation is 1. The van der Waals surface area contributed by atoms with Gasteiger partial charge in [0.1, 0.15) is 5.75 Å². The zero-order valence-electron chi connectivity index (χ0n) is 20.1. The maximum absolute atomic E-state index is 13.3. The van der Waals surface area contributed by atoms with Gasteiger partial charge in [0.05, 0.1) is 17.6 Å². The van der Waals surface area contributed by atoms with Gasteiger partial charge in [0.15, 0.2) is 0 Å². The van der Waals surface area contributed by atoms with E-state index >= 15 is 0 Å². The minimum atomic E-state index is -3.83. The third-order valence-electron chi connectivity index (χ3n) is 6.31. The molecule has 1 amide bonds. The first kappa shape index (κ1) is 25.6. The molecule has 33 heavy (non-hydrogen) atoms. The molecule has 1 aliphatic rings. The molecule has 6 nitrogen and oxygen atoms in total. The Labute approximate surface area is 202 Å². The number of hydrogen-bond donors (Lipinski definition) is 1. The van der Waals surface area contributed by atoms with Gasteiger partial charge in [0.2, 0.25) is 10.0 Å². The van der Waals surface area contributed by atoms with Crippen LogP contribution in [0.4, 0.5) is 0 Å². The van der Waals surface area contributed by atoms with Gasteiger partial charge in [-0.1, -0.05) is 26.0 Å². The van der Waals surface area contributed by atoms with E-state index in [4.69, 9.17) is 4.74 Å². The van der Waals surface area contributed by atoms with Crippen LogP contribution in [-0.2, 0) is 10.0 Å². The van der Waals surface area contributed by atoms with Crippen molar-refractivity contribution in [2.45, 2.75) is 55.9 Å². The van der Waals surface area contributed by atoms with Gasteiger partial charge >= 0.3 is 0 Å². The molecule has 1 saturated heterocycles. The number of amides is 1. The van der Waals surface area contributed by atoms with Crippen molar-refractivity contribution < 1.29 is 17.9 Å². The molecule has 3 rings (SSSR count). The fourth-order valence-electron chi connectivity index (χ4n) is 4.16. The second kappa shape index (κ2) is 10.9. The molecule has 0 aliphatic carbocycles. The van der Waals surface area contributed by atoms with Crippen molar-refractivity contribution in [2.24, 2.45) is 5.92 Å². The van der Waals surface area contributed by atoms with Gasteiger partial charge in [0.25, 0.3) is 5.91 Å². The van der Waals surface area contributed by atoms with Crippen molar-refractivity contribution in [3.05, 3.63) is 53.1 Å². The average Bonchev–Trinajstić information content (AvgIpc) is 2.82. The molecule has 0 aromatic heterocycles. The number of sulfonamides is 1. The predicted octanol–water partition coefficient (Wildman–Crippen LogP) is 5.03. The Hall–Kier alpha value is -2.03. The summed E-state index contributed by atoms with van der Waals surface area (Å²) in [5, 5.41) is 0. The molecule has 0 saturated carbocycles. The van der Waals surface area contributed by atoms with Gasteiger partial charge in [-0.05, 0) is 73.8 Å². The van der Waals surface area contributed by atoms with E-state index in [2.05, 4.69) is 11.6 Å². The van der Waals surface area contributed by atoms with E-state index in [0.717, 1.165) is 34.6 Å². The maximum atomic E-state index is 13.3. The van der Waals surface area contributed by atoms with Crippen LogP contribution in [0.2, 0.25) is 0 Å². The van der Waals surface area contributed by atoms with E-state index in [1.807, 2.05) is 43.2 Å². The van der Waals surface area contributed by atoms with Crippen LogP contribution >= 0.6 is 11.8 Å². The molecule has 2 aromatic rings. The van der Waals surface area contributed by atoms with E-state index in [1.165, 1.54) is 17.8 Å². The van der Waals surface area contributed by atoms with Crippen molar-refractivity contribution >= 4 is 27.7 Å². The van der Waals surface area contributed by atoms with E-state index in [-0.39, 0.29) is 16.8 Å². The van der Waals surface area contributed by atoms with Gasteiger partial charge < -0.3 is 9.64 Å². The molecule has 1 aliphatic heterocycles. The van der Waals surface area contributed by atoms with Crippen molar-refractivity contribution in [3.8, 4) is 5.75 Å². The molecule has 1 heterocycles. The summed E-state index contributed by atoms with van der Waals surface area (Å²) >= 11 is 1.45. The Bertz CT molecular complexity index is 1090. The molecule has 0 bridgehead atoms. The number of rotatable bonds is 8. The van der Waals surface area contributed by atoms with Crippen LogP contribution < -0.4 is 9.46 Å². The average molecular weight is 491 g/mol. The fourth-order valence-corrected chi connectivity index (χ4v) is 6.07. The number of carbonyl (C=O) groups is 1. The van der Waals surface area contributed by atoms with Crippen LogP contribution in [0.15, 0.2) is 46.2 Å². The Morgan fingerprint density at radius 3 is 2.48 bits per heavy atom. The highest BCUT2D eigenvalue weighted by Gasteiger charge is 2.26. The summed E-state index contributed by atoms with van der Waals surface area (Å²) in [4.78, 5) is 16.0. The van der Waals surface area contributed by atoms with Crippen LogP contribution in [0.3, 0.4) is 0 Å². The molecule has 0 radical (unpaired) electrons. The lowest BCUT2D eigenvalue weighted by atomic mass is 9.98. The minimum Gasteiger partial charge on any atom is -0.496 e. The lowest BCUT2D eigenvalue weighted by Crippen LogP contribution is -2.38. The summed E-state index contributed by atoms with van der Waals surface area (Å²) < 4.78 is 34.8. The highest BCUT2D eigenvalue weighted by Crippen LogP contribution is 2.29. The minimum absolute atomic E-state index is 0.0962. The zero-order valence-corrected chi connectivity index (χ0v) is 21.7. The van der Waals surface area contributed by atoms with Gasteiger partial charge in [-0.25, -0.2) is 13.1 Å². The largest absolute Gasteiger partial charge is 0.496 e. The molecule has 1 fully saturated rings. The highest BCUT2D eigenvalue weighted by molar-refractivity contribution is 7.98. The molecule has 0 spiro atoms. The number of hydrogen-bond acceptors (Lipinski definition) is 5. The predicted molar refractivity (Wildman–Crippen MR) is 134 cm³/mol. The van der Waals surface area contributed by atoms with E-state index in [0.29, 0.717) is 31.0 Å². The normalized spacial score (nSPS) is 16.0. The summed E-state index contributed by atoms with van der Waals surface area (Å²) in [5.74, 6) is 1.28. The third kappa shape index (κ3) is 5.91. The smallest absolute Gasteiger partial charge is 0.255 e. The molecule has 1 atom stereocenters. The number of likely N-dealkylation sites (tertiary alicyclic amines) is 1. The van der Waals surface area contributed by atoms with Crippen LogP contribution in [-0.4, -0.2) is 45.7 Å². The number of nitrogens with one attached hydrogen (secondary N) is 1. The van der Waals surface area contributed by atoms with E-state index in [9.17, 15) is 13.2 Å². The van der Waals surface area contributed by atoms with Crippen LogP contribution in [0, 0.1) is 12.8 Å². The van der Waals surface area contributed by atoms with E-state index < -0.39 is 10.0 Å². The second-order valence-electron chi connectivity index (χ2n) is 8.65. The zero-order chi connectivity index (χ0) is 24.2. The molecule has 180 valence electrons. The van der Waals surface area contributed by atoms with Gasteiger partial charge in [-0.15, -0.1) is 11.8 Å². The number of methoxy groups -OCH3 is 1. The summed E-state index contributed by atoms with van der Waals surface area (Å²) in [6.45, 7) is 7.48. The molecule has 1 N–H and O–H groups in total. The Morgan fingerprint density at radius 1 is 1.21 bits per heavy atom. The Kier molecular flexibility index (Phi) is 8.48. The first-order chi connectivity index (χ1) is 15.7.